The topological polar surface area (TPSA) is 74.2 Å². The summed E-state index contributed by atoms with van der Waals surface area (Å²) in [7, 11) is 0. The smallest absolute Gasteiger partial charge is 0.231 e. The first-order valence-corrected chi connectivity index (χ1v) is 9.45. The first kappa shape index (κ1) is 18.3. The lowest BCUT2D eigenvalue weighted by atomic mass is 10.1. The molecule has 0 saturated heterocycles. The van der Waals surface area contributed by atoms with Crippen LogP contribution in [0.3, 0.4) is 0 Å². The molecule has 4 aromatic carbocycles. The van der Waals surface area contributed by atoms with Crippen LogP contribution >= 0.6 is 0 Å². The van der Waals surface area contributed by atoms with Gasteiger partial charge in [-0.05, 0) is 63.5 Å². The molecule has 4 aromatic rings. The minimum Gasteiger partial charge on any atom is -0.454 e. The van der Waals surface area contributed by atoms with Crippen molar-refractivity contribution >= 4 is 27.8 Å². The quantitative estimate of drug-likeness (QED) is 0.500. The Balaban J connectivity index is 0.000000128. The third-order valence-electron chi connectivity index (χ3n) is 5.07. The summed E-state index contributed by atoms with van der Waals surface area (Å²) in [6, 6.07) is 19.1. The molecular weight excluding hydrogens is 384 g/mol. The van der Waals surface area contributed by atoms with Crippen molar-refractivity contribution in [3.8, 4) is 23.0 Å². The molecule has 2 aliphatic heterocycles. The summed E-state index contributed by atoms with van der Waals surface area (Å²) in [6.07, 6.45) is 0.837. The lowest BCUT2D eigenvalue weighted by Crippen LogP contribution is -1.92. The number of aliphatic hydroxyl groups excluding tert-OH is 1. The minimum atomic E-state index is 0.0599. The van der Waals surface area contributed by atoms with Crippen LogP contribution in [0.25, 0.3) is 21.5 Å². The average molecular weight is 402 g/mol. The molecule has 0 atom stereocenters. The number of ether oxygens (including phenoxy) is 4. The standard InChI is InChI=1S/C12H10O3.C12H8O3/c2*13-6-8-1-2-9-4-11-12(15-7-14-11)5-10(9)3-8/h1-5,13H,6-7H2;1-6H,7H2. The maximum atomic E-state index is 10.6. The molecule has 0 unspecified atom stereocenters. The van der Waals surface area contributed by atoms with Crippen LogP contribution in [0.15, 0.2) is 60.7 Å². The van der Waals surface area contributed by atoms with E-state index in [4.69, 9.17) is 24.1 Å². The summed E-state index contributed by atoms with van der Waals surface area (Å²) in [5.74, 6) is 3.07. The van der Waals surface area contributed by atoms with Crippen molar-refractivity contribution in [2.45, 2.75) is 6.61 Å². The first-order chi connectivity index (χ1) is 14.7. The Bertz CT molecular complexity index is 1260. The molecule has 0 aliphatic carbocycles. The molecule has 0 spiro atoms. The molecule has 6 rings (SSSR count). The molecule has 2 heterocycles. The van der Waals surface area contributed by atoms with E-state index in [9.17, 15) is 4.79 Å². The van der Waals surface area contributed by atoms with Gasteiger partial charge < -0.3 is 24.1 Å². The molecule has 6 heteroatoms. The zero-order valence-corrected chi connectivity index (χ0v) is 16.0. The second-order valence-electron chi connectivity index (χ2n) is 6.97. The van der Waals surface area contributed by atoms with Crippen molar-refractivity contribution in [2.75, 3.05) is 13.6 Å². The van der Waals surface area contributed by atoms with Crippen molar-refractivity contribution in [2.24, 2.45) is 0 Å². The Morgan fingerprint density at radius 1 is 0.667 bits per heavy atom. The van der Waals surface area contributed by atoms with Gasteiger partial charge in [-0.15, -0.1) is 0 Å². The number of benzene rings is 4. The van der Waals surface area contributed by atoms with Gasteiger partial charge in [-0.2, -0.15) is 0 Å². The van der Waals surface area contributed by atoms with Gasteiger partial charge in [-0.25, -0.2) is 0 Å². The molecule has 0 bridgehead atoms. The summed E-state index contributed by atoms with van der Waals surface area (Å²) in [5, 5.41) is 13.2. The summed E-state index contributed by atoms with van der Waals surface area (Å²) < 4.78 is 21.1. The van der Waals surface area contributed by atoms with Gasteiger partial charge in [0.25, 0.3) is 0 Å². The Hall–Kier alpha value is -3.77. The molecule has 30 heavy (non-hydrogen) atoms. The summed E-state index contributed by atoms with van der Waals surface area (Å²) in [6.45, 7) is 0.620. The Morgan fingerprint density at radius 2 is 1.17 bits per heavy atom. The molecule has 2 aliphatic rings. The monoisotopic (exact) mass is 402 g/mol. The highest BCUT2D eigenvalue weighted by atomic mass is 16.7. The Labute approximate surface area is 172 Å². The second kappa shape index (κ2) is 7.57. The molecule has 0 radical (unpaired) electrons. The Morgan fingerprint density at radius 3 is 1.70 bits per heavy atom. The third-order valence-corrected chi connectivity index (χ3v) is 5.07. The van der Waals surface area contributed by atoms with Crippen molar-refractivity contribution < 1.29 is 28.8 Å². The summed E-state index contributed by atoms with van der Waals surface area (Å²) >= 11 is 0. The van der Waals surface area contributed by atoms with Gasteiger partial charge >= 0.3 is 0 Å². The van der Waals surface area contributed by atoms with Crippen LogP contribution in [-0.2, 0) is 6.61 Å². The van der Waals surface area contributed by atoms with Crippen LogP contribution in [0.4, 0.5) is 0 Å². The lowest BCUT2D eigenvalue weighted by Gasteiger charge is -2.02. The van der Waals surface area contributed by atoms with E-state index in [0.717, 1.165) is 56.4 Å². The highest BCUT2D eigenvalue weighted by Gasteiger charge is 2.14. The van der Waals surface area contributed by atoms with E-state index in [-0.39, 0.29) is 13.4 Å². The van der Waals surface area contributed by atoms with Crippen LogP contribution in [-0.4, -0.2) is 25.0 Å². The average Bonchev–Trinajstić information content (AvgIpc) is 3.43. The molecular formula is C24H18O6. The largest absolute Gasteiger partial charge is 0.454 e. The number of carbonyl (C=O) groups excluding carboxylic acids is 1. The van der Waals surface area contributed by atoms with Gasteiger partial charge in [0.1, 0.15) is 6.29 Å². The first-order valence-electron chi connectivity index (χ1n) is 9.45. The van der Waals surface area contributed by atoms with Gasteiger partial charge in [-0.1, -0.05) is 24.3 Å². The SMILES string of the molecule is O=Cc1ccc2cc3c(cc2c1)OCO3.OCc1ccc2cc3c(cc2c1)OCO3. The zero-order chi connectivity index (χ0) is 20.5. The highest BCUT2D eigenvalue weighted by molar-refractivity contribution is 5.91. The van der Waals surface area contributed by atoms with Crippen LogP contribution in [0.1, 0.15) is 15.9 Å². The van der Waals surface area contributed by atoms with E-state index in [1.165, 1.54) is 0 Å². The lowest BCUT2D eigenvalue weighted by molar-refractivity contribution is 0.112. The van der Waals surface area contributed by atoms with Gasteiger partial charge in [0.2, 0.25) is 13.6 Å². The zero-order valence-electron chi connectivity index (χ0n) is 16.0. The molecule has 0 fully saturated rings. The molecule has 0 aromatic heterocycles. The molecule has 6 nitrogen and oxygen atoms in total. The number of rotatable bonds is 2. The maximum absolute atomic E-state index is 10.6. The number of aliphatic hydroxyl groups is 1. The van der Waals surface area contributed by atoms with Gasteiger partial charge in [0.15, 0.2) is 23.0 Å². The summed E-state index contributed by atoms with van der Waals surface area (Å²) in [4.78, 5) is 10.6. The van der Waals surface area contributed by atoms with Crippen molar-refractivity contribution in [1.29, 1.82) is 0 Å². The fraction of sp³-hybridized carbons (Fsp3) is 0.125. The molecule has 0 amide bonds. The molecule has 1 N–H and O–H groups in total. The van der Waals surface area contributed by atoms with E-state index < -0.39 is 0 Å². The van der Waals surface area contributed by atoms with Gasteiger partial charge in [0.05, 0.1) is 6.61 Å². The van der Waals surface area contributed by atoms with Crippen LogP contribution < -0.4 is 18.9 Å². The van der Waals surface area contributed by atoms with Crippen LogP contribution in [0.5, 0.6) is 23.0 Å². The number of hydrogen-bond acceptors (Lipinski definition) is 6. The number of carbonyl (C=O) groups is 1. The number of aldehydes is 1. The third kappa shape index (κ3) is 3.38. The molecule has 150 valence electrons. The highest BCUT2D eigenvalue weighted by Crippen LogP contribution is 2.37. The Kier molecular flexibility index (Phi) is 4.61. The normalized spacial score (nSPS) is 13.2. The predicted molar refractivity (Wildman–Crippen MR) is 111 cm³/mol. The van der Waals surface area contributed by atoms with Crippen molar-refractivity contribution in [3.63, 3.8) is 0 Å². The van der Waals surface area contributed by atoms with Crippen molar-refractivity contribution in [1.82, 2.24) is 0 Å². The predicted octanol–water partition coefficient (Wildman–Crippen LogP) is 4.44. The van der Waals surface area contributed by atoms with E-state index in [2.05, 4.69) is 0 Å². The fourth-order valence-corrected chi connectivity index (χ4v) is 3.52. The minimum absolute atomic E-state index is 0.0599. The number of fused-ring (bicyclic) bond motifs is 4. The fourth-order valence-electron chi connectivity index (χ4n) is 3.52. The van der Waals surface area contributed by atoms with E-state index in [1.807, 2.05) is 54.6 Å². The van der Waals surface area contributed by atoms with E-state index in [1.54, 1.807) is 6.07 Å². The van der Waals surface area contributed by atoms with Crippen LogP contribution in [0.2, 0.25) is 0 Å². The van der Waals surface area contributed by atoms with Crippen molar-refractivity contribution in [3.05, 3.63) is 71.8 Å². The molecule has 0 saturated carbocycles. The number of hydrogen-bond donors (Lipinski definition) is 1. The van der Waals surface area contributed by atoms with Crippen LogP contribution in [0, 0.1) is 0 Å². The van der Waals surface area contributed by atoms with Gasteiger partial charge in [-0.3, -0.25) is 4.79 Å². The van der Waals surface area contributed by atoms with Gasteiger partial charge in [0, 0.05) is 5.56 Å². The summed E-state index contributed by atoms with van der Waals surface area (Å²) in [5.41, 5.74) is 1.57. The maximum Gasteiger partial charge on any atom is 0.231 e. The van der Waals surface area contributed by atoms with E-state index >= 15 is 0 Å². The van der Waals surface area contributed by atoms with E-state index in [0.29, 0.717) is 12.4 Å². The second-order valence-corrected chi connectivity index (χ2v) is 6.97.